The van der Waals surface area contributed by atoms with Gasteiger partial charge in [-0.2, -0.15) is 0 Å². The Morgan fingerprint density at radius 2 is 1.94 bits per heavy atom. The molecule has 1 fully saturated rings. The zero-order valence-corrected chi connectivity index (χ0v) is 11.8. The predicted molar refractivity (Wildman–Crippen MR) is 72.8 cm³/mol. The number of hydrogen-bond donors (Lipinski definition) is 2. The molecule has 3 N–H and O–H groups in total. The van der Waals surface area contributed by atoms with E-state index in [1.54, 1.807) is 6.07 Å². The molecule has 1 aliphatic rings. The number of anilines is 1. The summed E-state index contributed by atoms with van der Waals surface area (Å²) >= 11 is 0. The van der Waals surface area contributed by atoms with Crippen LogP contribution < -0.4 is 10.5 Å². The number of aryl methyl sites for hydroxylation is 1. The smallest absolute Gasteiger partial charge is 0.241 e. The van der Waals surface area contributed by atoms with Gasteiger partial charge in [-0.05, 0) is 62.8 Å². The van der Waals surface area contributed by atoms with Gasteiger partial charge in [-0.1, -0.05) is 0 Å². The van der Waals surface area contributed by atoms with Crippen LogP contribution in [0.25, 0.3) is 0 Å². The van der Waals surface area contributed by atoms with Crippen molar-refractivity contribution in [2.45, 2.75) is 44.6 Å². The third kappa shape index (κ3) is 2.67. The van der Waals surface area contributed by atoms with Gasteiger partial charge in [-0.15, -0.1) is 0 Å². The average Bonchev–Trinajstić information content (AvgIpc) is 3.05. The zero-order valence-electron chi connectivity index (χ0n) is 11.0. The van der Waals surface area contributed by atoms with E-state index in [0.717, 1.165) is 24.0 Å². The van der Waals surface area contributed by atoms with E-state index in [1.165, 1.54) is 6.07 Å². The summed E-state index contributed by atoms with van der Waals surface area (Å²) in [5.41, 5.74) is 7.88. The number of benzene rings is 1. The maximum absolute atomic E-state index is 12.3. The average molecular weight is 268 g/mol. The van der Waals surface area contributed by atoms with Crippen LogP contribution in [0, 0.1) is 19.8 Å². The summed E-state index contributed by atoms with van der Waals surface area (Å²) in [6, 6.07) is 3.32. The summed E-state index contributed by atoms with van der Waals surface area (Å²) in [5, 5.41) is 0. The first-order chi connectivity index (χ1) is 8.31. The van der Waals surface area contributed by atoms with Crippen LogP contribution in [-0.4, -0.2) is 14.5 Å². The van der Waals surface area contributed by atoms with Crippen molar-refractivity contribution >= 4 is 15.7 Å². The Balaban J connectivity index is 2.34. The minimum atomic E-state index is -3.47. The molecular formula is C13H20N2O2S. The van der Waals surface area contributed by atoms with Crippen molar-refractivity contribution in [3.63, 3.8) is 0 Å². The molecule has 0 saturated heterocycles. The van der Waals surface area contributed by atoms with Gasteiger partial charge in [-0.3, -0.25) is 0 Å². The molecule has 1 aromatic rings. The Hall–Kier alpha value is -1.07. The Morgan fingerprint density at radius 1 is 1.33 bits per heavy atom. The van der Waals surface area contributed by atoms with Gasteiger partial charge in [0.15, 0.2) is 0 Å². The van der Waals surface area contributed by atoms with Gasteiger partial charge < -0.3 is 5.73 Å². The largest absolute Gasteiger partial charge is 0.399 e. The number of nitrogens with two attached hydrogens (primary N) is 1. The van der Waals surface area contributed by atoms with Crippen molar-refractivity contribution in [2.75, 3.05) is 5.73 Å². The summed E-state index contributed by atoms with van der Waals surface area (Å²) in [5.74, 6) is 0.488. The Labute approximate surface area is 109 Å². The molecule has 100 valence electrons. The molecule has 1 atom stereocenters. The van der Waals surface area contributed by atoms with Crippen molar-refractivity contribution in [3.8, 4) is 0 Å². The summed E-state index contributed by atoms with van der Waals surface area (Å²) in [7, 11) is -3.47. The van der Waals surface area contributed by atoms with Crippen molar-refractivity contribution in [1.82, 2.24) is 4.72 Å². The molecule has 0 amide bonds. The van der Waals surface area contributed by atoms with Crippen LogP contribution >= 0.6 is 0 Å². The van der Waals surface area contributed by atoms with Crippen LogP contribution in [0.5, 0.6) is 0 Å². The van der Waals surface area contributed by atoms with Crippen LogP contribution in [0.2, 0.25) is 0 Å². The fourth-order valence-corrected chi connectivity index (χ4v) is 3.80. The quantitative estimate of drug-likeness (QED) is 0.820. The van der Waals surface area contributed by atoms with E-state index >= 15 is 0 Å². The molecule has 1 aromatic carbocycles. The first-order valence-corrected chi connectivity index (χ1v) is 7.68. The highest BCUT2D eigenvalue weighted by molar-refractivity contribution is 7.89. The van der Waals surface area contributed by atoms with E-state index < -0.39 is 10.0 Å². The highest BCUT2D eigenvalue weighted by Gasteiger charge is 2.31. The molecule has 0 spiro atoms. The summed E-state index contributed by atoms with van der Waals surface area (Å²) in [6.45, 7) is 5.60. The predicted octanol–water partition coefficient (Wildman–Crippen LogP) is 1.96. The second-order valence-electron chi connectivity index (χ2n) is 5.21. The molecule has 0 aromatic heterocycles. The molecule has 1 saturated carbocycles. The van der Waals surface area contributed by atoms with Gasteiger partial charge in [0, 0.05) is 11.7 Å². The van der Waals surface area contributed by atoms with Crippen LogP contribution in [0.3, 0.4) is 0 Å². The number of nitrogens with one attached hydrogen (secondary N) is 1. The lowest BCUT2D eigenvalue weighted by Crippen LogP contribution is -2.34. The lowest BCUT2D eigenvalue weighted by molar-refractivity contribution is 0.537. The number of rotatable bonds is 4. The lowest BCUT2D eigenvalue weighted by Gasteiger charge is -2.16. The van der Waals surface area contributed by atoms with Crippen LogP contribution in [-0.2, 0) is 10.0 Å². The molecule has 5 heteroatoms. The topological polar surface area (TPSA) is 72.2 Å². The molecule has 18 heavy (non-hydrogen) atoms. The van der Waals surface area contributed by atoms with E-state index in [1.807, 2.05) is 20.8 Å². The maximum Gasteiger partial charge on any atom is 0.241 e. The molecule has 1 aliphatic carbocycles. The Bertz CT molecular complexity index is 563. The fraction of sp³-hybridized carbons (Fsp3) is 0.538. The van der Waals surface area contributed by atoms with Crippen LogP contribution in [0.15, 0.2) is 17.0 Å². The van der Waals surface area contributed by atoms with Gasteiger partial charge in [0.2, 0.25) is 10.0 Å². The molecule has 4 nitrogen and oxygen atoms in total. The molecule has 0 radical (unpaired) electrons. The van der Waals surface area contributed by atoms with Crippen molar-refractivity contribution in [2.24, 2.45) is 5.92 Å². The summed E-state index contributed by atoms with van der Waals surface area (Å²) in [4.78, 5) is 0.299. The first kappa shape index (κ1) is 13.4. The second-order valence-corrected chi connectivity index (χ2v) is 6.89. The van der Waals surface area contributed by atoms with Gasteiger partial charge in [0.25, 0.3) is 0 Å². The SMILES string of the molecule is Cc1cc(N)cc(S(=O)(=O)NC(C)C2CC2)c1C. The second kappa shape index (κ2) is 4.55. The van der Waals surface area contributed by atoms with Crippen LogP contribution in [0.4, 0.5) is 5.69 Å². The normalized spacial score (nSPS) is 17.7. The monoisotopic (exact) mass is 268 g/mol. The molecular weight excluding hydrogens is 248 g/mol. The lowest BCUT2D eigenvalue weighted by atomic mass is 10.1. The van der Waals surface area contributed by atoms with Gasteiger partial charge in [0.1, 0.15) is 0 Å². The third-order valence-corrected chi connectivity index (χ3v) is 5.29. The van der Waals surface area contributed by atoms with Gasteiger partial charge in [-0.25, -0.2) is 13.1 Å². The van der Waals surface area contributed by atoms with Crippen LogP contribution in [0.1, 0.15) is 30.9 Å². The maximum atomic E-state index is 12.3. The molecule has 0 bridgehead atoms. The van der Waals surface area contributed by atoms with Crippen molar-refractivity contribution < 1.29 is 8.42 Å². The minimum absolute atomic E-state index is 0.00358. The van der Waals surface area contributed by atoms with E-state index in [4.69, 9.17) is 5.73 Å². The van der Waals surface area contributed by atoms with E-state index in [0.29, 0.717) is 16.5 Å². The first-order valence-electron chi connectivity index (χ1n) is 6.20. The molecule has 0 aliphatic heterocycles. The minimum Gasteiger partial charge on any atom is -0.399 e. The Kier molecular flexibility index (Phi) is 3.38. The van der Waals surface area contributed by atoms with Gasteiger partial charge >= 0.3 is 0 Å². The fourth-order valence-electron chi connectivity index (χ4n) is 2.13. The van der Waals surface area contributed by atoms with Crippen molar-refractivity contribution in [1.29, 1.82) is 0 Å². The molecule has 1 unspecified atom stereocenters. The zero-order chi connectivity index (χ0) is 13.5. The summed E-state index contributed by atoms with van der Waals surface area (Å²) < 4.78 is 27.4. The van der Waals surface area contributed by atoms with E-state index in [9.17, 15) is 8.42 Å². The molecule has 0 heterocycles. The van der Waals surface area contributed by atoms with E-state index in [-0.39, 0.29) is 6.04 Å². The molecule has 2 rings (SSSR count). The summed E-state index contributed by atoms with van der Waals surface area (Å²) in [6.07, 6.45) is 2.22. The standard InChI is InChI=1S/C13H20N2O2S/c1-8-6-12(14)7-13(9(8)2)18(16,17)15-10(3)11-4-5-11/h6-7,10-11,15H,4-5,14H2,1-3H3. The van der Waals surface area contributed by atoms with Crippen molar-refractivity contribution in [3.05, 3.63) is 23.3 Å². The van der Waals surface area contributed by atoms with Gasteiger partial charge in [0.05, 0.1) is 4.90 Å². The highest BCUT2D eigenvalue weighted by atomic mass is 32.2. The number of nitrogen functional groups attached to an aromatic ring is 1. The number of sulfonamides is 1. The highest BCUT2D eigenvalue weighted by Crippen LogP contribution is 2.33. The van der Waals surface area contributed by atoms with E-state index in [2.05, 4.69) is 4.72 Å². The third-order valence-electron chi connectivity index (χ3n) is 3.60. The Morgan fingerprint density at radius 3 is 2.50 bits per heavy atom. The number of hydrogen-bond acceptors (Lipinski definition) is 3.